The third-order valence-corrected chi connectivity index (χ3v) is 6.74. The Morgan fingerprint density at radius 2 is 1.95 bits per heavy atom. The molecule has 0 aliphatic carbocycles. The van der Waals surface area contributed by atoms with Crippen molar-refractivity contribution in [3.63, 3.8) is 0 Å². The lowest BCUT2D eigenvalue weighted by Crippen LogP contribution is -2.49. The Hall–Kier alpha value is -3.50. The summed E-state index contributed by atoms with van der Waals surface area (Å²) >= 11 is 0. The molecule has 2 aromatic carbocycles. The van der Waals surface area contributed by atoms with Crippen LogP contribution in [0, 0.1) is 5.92 Å². The first-order chi connectivity index (χ1) is 18.2. The van der Waals surface area contributed by atoms with E-state index in [1.807, 2.05) is 52.9 Å². The minimum absolute atomic E-state index is 0.0541. The first-order valence-corrected chi connectivity index (χ1v) is 13.0. The van der Waals surface area contributed by atoms with Crippen LogP contribution in [0.1, 0.15) is 43.6 Å². The predicted molar refractivity (Wildman–Crippen MR) is 144 cm³/mol. The van der Waals surface area contributed by atoms with Crippen LogP contribution in [0.4, 0.5) is 10.5 Å². The Labute approximate surface area is 223 Å². The lowest BCUT2D eigenvalue weighted by atomic mass is 9.99. The smallest absolute Gasteiger partial charge is 0.319 e. The Morgan fingerprint density at radius 3 is 2.68 bits per heavy atom. The number of anilines is 1. The van der Waals surface area contributed by atoms with Crippen LogP contribution in [0.5, 0.6) is 17.2 Å². The number of nitrogens with zero attached hydrogens (tertiary/aromatic N) is 2. The van der Waals surface area contributed by atoms with Crippen molar-refractivity contribution in [3.05, 3.63) is 47.5 Å². The summed E-state index contributed by atoms with van der Waals surface area (Å²) in [6.45, 7) is 9.33. The number of amides is 3. The van der Waals surface area contributed by atoms with Gasteiger partial charge in [0.25, 0.3) is 5.91 Å². The van der Waals surface area contributed by atoms with Gasteiger partial charge in [0.15, 0.2) is 17.2 Å². The van der Waals surface area contributed by atoms with E-state index in [-0.39, 0.29) is 49.4 Å². The van der Waals surface area contributed by atoms with E-state index >= 15 is 0 Å². The van der Waals surface area contributed by atoms with Crippen LogP contribution < -0.4 is 24.8 Å². The fourth-order valence-electron chi connectivity index (χ4n) is 4.70. The van der Waals surface area contributed by atoms with Crippen molar-refractivity contribution >= 4 is 17.6 Å². The number of rotatable bonds is 8. The monoisotopic (exact) mass is 526 g/mol. The molecule has 0 saturated heterocycles. The molecule has 0 saturated carbocycles. The number of nitrogens with one attached hydrogen (secondary N) is 2. The SMILES string of the molecule is CC(C)NC(=O)Nc1cccc2c1O[C@@H](CN(C)Cc1ccc3c(c1)OCO3)[C@H](C)CN([C@H](C)CO)C2=O. The highest BCUT2D eigenvalue weighted by atomic mass is 16.7. The van der Waals surface area contributed by atoms with Crippen LogP contribution in [0.25, 0.3) is 0 Å². The van der Waals surface area contributed by atoms with Crippen molar-refractivity contribution in [3.8, 4) is 17.2 Å². The number of likely N-dealkylation sites (N-methyl/N-ethyl adjacent to an activating group) is 1. The first-order valence-electron chi connectivity index (χ1n) is 13.0. The van der Waals surface area contributed by atoms with Crippen molar-refractivity contribution < 1.29 is 28.9 Å². The van der Waals surface area contributed by atoms with Crippen molar-refractivity contribution in [2.24, 2.45) is 5.92 Å². The highest BCUT2D eigenvalue weighted by molar-refractivity contribution is 6.01. The number of para-hydroxylation sites is 1. The van der Waals surface area contributed by atoms with Gasteiger partial charge in [0, 0.05) is 31.6 Å². The molecule has 0 aromatic heterocycles. The van der Waals surface area contributed by atoms with Gasteiger partial charge in [-0.2, -0.15) is 0 Å². The number of hydrogen-bond acceptors (Lipinski definition) is 7. The molecule has 2 heterocycles. The van der Waals surface area contributed by atoms with Gasteiger partial charge in [-0.25, -0.2) is 4.79 Å². The molecular formula is C28H38N4O6. The second-order valence-corrected chi connectivity index (χ2v) is 10.4. The fourth-order valence-corrected chi connectivity index (χ4v) is 4.70. The van der Waals surface area contributed by atoms with E-state index in [4.69, 9.17) is 14.2 Å². The molecule has 3 amide bonds. The number of benzene rings is 2. The average molecular weight is 527 g/mol. The summed E-state index contributed by atoms with van der Waals surface area (Å²) in [5, 5.41) is 15.5. The van der Waals surface area contributed by atoms with E-state index in [1.165, 1.54) is 0 Å². The molecule has 2 aliphatic heterocycles. The lowest BCUT2D eigenvalue weighted by Gasteiger charge is -2.38. The number of aliphatic hydroxyl groups is 1. The number of aliphatic hydroxyl groups excluding tert-OH is 1. The van der Waals surface area contributed by atoms with Crippen molar-refractivity contribution in [1.29, 1.82) is 0 Å². The highest BCUT2D eigenvalue weighted by Crippen LogP contribution is 2.36. The molecule has 0 bridgehead atoms. The Morgan fingerprint density at radius 1 is 1.18 bits per heavy atom. The third kappa shape index (κ3) is 6.31. The third-order valence-electron chi connectivity index (χ3n) is 6.74. The summed E-state index contributed by atoms with van der Waals surface area (Å²) in [4.78, 5) is 30.0. The van der Waals surface area contributed by atoms with Crippen molar-refractivity contribution in [2.75, 3.05) is 38.9 Å². The maximum absolute atomic E-state index is 13.6. The number of fused-ring (bicyclic) bond motifs is 2. The average Bonchev–Trinajstić information content (AvgIpc) is 3.33. The van der Waals surface area contributed by atoms with Gasteiger partial charge in [0.1, 0.15) is 6.10 Å². The summed E-state index contributed by atoms with van der Waals surface area (Å²) in [5.41, 5.74) is 1.85. The molecule has 0 spiro atoms. The quantitative estimate of drug-likeness (QED) is 0.484. The van der Waals surface area contributed by atoms with Gasteiger partial charge in [0.05, 0.1) is 23.9 Å². The van der Waals surface area contributed by atoms with Gasteiger partial charge in [-0.05, 0) is 57.6 Å². The maximum Gasteiger partial charge on any atom is 0.319 e. The molecule has 3 atom stereocenters. The van der Waals surface area contributed by atoms with Crippen molar-refractivity contribution in [2.45, 2.75) is 52.4 Å². The molecule has 0 radical (unpaired) electrons. The largest absolute Gasteiger partial charge is 0.486 e. The normalized spacial score (nSPS) is 19.5. The van der Waals surface area contributed by atoms with Gasteiger partial charge < -0.3 is 34.9 Å². The van der Waals surface area contributed by atoms with Crippen LogP contribution in [0.3, 0.4) is 0 Å². The number of hydrogen-bond donors (Lipinski definition) is 3. The summed E-state index contributed by atoms with van der Waals surface area (Å²) in [5.74, 6) is 1.52. The Bertz CT molecular complexity index is 1160. The molecule has 10 heteroatoms. The summed E-state index contributed by atoms with van der Waals surface area (Å²) in [6, 6.07) is 10.3. The van der Waals surface area contributed by atoms with Gasteiger partial charge in [-0.1, -0.05) is 19.1 Å². The van der Waals surface area contributed by atoms with E-state index in [0.29, 0.717) is 36.6 Å². The molecule has 2 aromatic rings. The fraction of sp³-hybridized carbons (Fsp3) is 0.500. The number of urea groups is 1. The second kappa shape index (κ2) is 11.9. The van der Waals surface area contributed by atoms with Crippen LogP contribution in [0.2, 0.25) is 0 Å². The molecule has 38 heavy (non-hydrogen) atoms. The van der Waals surface area contributed by atoms with Crippen LogP contribution in [-0.2, 0) is 6.54 Å². The second-order valence-electron chi connectivity index (χ2n) is 10.4. The minimum Gasteiger partial charge on any atom is -0.486 e. The van der Waals surface area contributed by atoms with Crippen molar-refractivity contribution in [1.82, 2.24) is 15.1 Å². The van der Waals surface area contributed by atoms with Crippen LogP contribution in [-0.4, -0.2) is 78.6 Å². The van der Waals surface area contributed by atoms with Crippen LogP contribution >= 0.6 is 0 Å². The van der Waals surface area contributed by atoms with E-state index in [0.717, 1.165) is 17.1 Å². The van der Waals surface area contributed by atoms with Gasteiger partial charge in [-0.15, -0.1) is 0 Å². The first kappa shape index (κ1) is 27.5. The molecule has 4 rings (SSSR count). The number of carbonyl (C=O) groups is 2. The minimum atomic E-state index is -0.378. The Balaban J connectivity index is 1.61. The van der Waals surface area contributed by atoms with Gasteiger partial charge in [-0.3, -0.25) is 9.69 Å². The molecule has 0 unspecified atom stereocenters. The Kier molecular flexibility index (Phi) is 8.63. The molecular weight excluding hydrogens is 488 g/mol. The van der Waals surface area contributed by atoms with E-state index in [2.05, 4.69) is 15.5 Å². The van der Waals surface area contributed by atoms with E-state index < -0.39 is 0 Å². The van der Waals surface area contributed by atoms with E-state index in [9.17, 15) is 14.7 Å². The predicted octanol–water partition coefficient (Wildman–Crippen LogP) is 3.30. The topological polar surface area (TPSA) is 113 Å². The van der Waals surface area contributed by atoms with Gasteiger partial charge >= 0.3 is 6.03 Å². The van der Waals surface area contributed by atoms with Gasteiger partial charge in [0.2, 0.25) is 6.79 Å². The summed E-state index contributed by atoms with van der Waals surface area (Å²) in [6.07, 6.45) is -0.301. The molecule has 206 valence electrons. The zero-order valence-corrected chi connectivity index (χ0v) is 22.7. The molecule has 0 fully saturated rings. The summed E-state index contributed by atoms with van der Waals surface area (Å²) in [7, 11) is 2.01. The lowest BCUT2D eigenvalue weighted by molar-refractivity contribution is 0.0343. The zero-order valence-electron chi connectivity index (χ0n) is 22.7. The molecule has 3 N–H and O–H groups in total. The number of ether oxygens (including phenoxy) is 3. The molecule has 2 aliphatic rings. The number of carbonyl (C=O) groups excluding carboxylic acids is 2. The zero-order chi connectivity index (χ0) is 27.4. The van der Waals surface area contributed by atoms with Crippen LogP contribution in [0.15, 0.2) is 36.4 Å². The summed E-state index contributed by atoms with van der Waals surface area (Å²) < 4.78 is 17.5. The highest BCUT2D eigenvalue weighted by Gasteiger charge is 2.34. The maximum atomic E-state index is 13.6. The van der Waals surface area contributed by atoms with E-state index in [1.54, 1.807) is 23.1 Å². The standard InChI is InChI=1S/C28H38N4O6/c1-17(2)29-28(35)30-22-8-6-7-21-26(22)38-25(18(3)12-32(27(21)34)19(4)15-33)14-31(5)13-20-9-10-23-24(11-20)37-16-36-23/h6-11,17-19,25,33H,12-16H2,1-5H3,(H2,29,30,35)/t18-,19-,25+/m1/s1. The molecule has 10 nitrogen and oxygen atoms in total.